The molecule has 0 amide bonds. The van der Waals surface area contributed by atoms with Crippen LogP contribution in [0.4, 0.5) is 11.4 Å². The molecule has 3 atom stereocenters. The first-order valence-corrected chi connectivity index (χ1v) is 11.4. The Labute approximate surface area is 201 Å². The zero-order valence-corrected chi connectivity index (χ0v) is 19.4. The maximum absolute atomic E-state index is 10.3. The Kier molecular flexibility index (Phi) is 7.47. The van der Waals surface area contributed by atoms with Crippen LogP contribution >= 0.6 is 0 Å². The van der Waals surface area contributed by atoms with Gasteiger partial charge in [0, 0.05) is 25.1 Å². The fourth-order valence-corrected chi connectivity index (χ4v) is 3.88. The third-order valence-corrected chi connectivity index (χ3v) is 5.80. The molecule has 0 bridgehead atoms. The van der Waals surface area contributed by atoms with E-state index >= 15 is 0 Å². The van der Waals surface area contributed by atoms with Crippen molar-refractivity contribution < 1.29 is 5.11 Å². The number of hydrazine groups is 1. The van der Waals surface area contributed by atoms with Crippen LogP contribution in [0.15, 0.2) is 108 Å². The second-order valence-corrected chi connectivity index (χ2v) is 8.43. The van der Waals surface area contributed by atoms with E-state index in [0.29, 0.717) is 12.1 Å². The summed E-state index contributed by atoms with van der Waals surface area (Å²) in [6, 6.07) is 17.6. The summed E-state index contributed by atoms with van der Waals surface area (Å²) < 4.78 is 0. The first-order valence-electron chi connectivity index (χ1n) is 11.4. The lowest BCUT2D eigenvalue weighted by molar-refractivity contribution is 0.150. The average molecular weight is 457 g/mol. The van der Waals surface area contributed by atoms with Gasteiger partial charge in [0.2, 0.25) is 0 Å². The Hall–Kier alpha value is -3.81. The van der Waals surface area contributed by atoms with E-state index in [1.807, 2.05) is 84.9 Å². The number of nitrogens with zero attached hydrogens (tertiary/aromatic N) is 2. The van der Waals surface area contributed by atoms with Crippen LogP contribution in [0.3, 0.4) is 0 Å². The number of hydrogen-bond donors (Lipinski definition) is 5. The number of nitrogens with two attached hydrogens (primary N) is 1. The van der Waals surface area contributed by atoms with E-state index in [4.69, 9.17) is 5.73 Å². The Balaban J connectivity index is 1.27. The van der Waals surface area contributed by atoms with Crippen molar-refractivity contribution in [1.29, 1.82) is 0 Å². The van der Waals surface area contributed by atoms with Gasteiger partial charge >= 0.3 is 0 Å². The summed E-state index contributed by atoms with van der Waals surface area (Å²) in [6.45, 7) is 4.24. The molecule has 4 rings (SSSR count). The number of anilines is 2. The molecule has 7 nitrogen and oxygen atoms in total. The first-order chi connectivity index (χ1) is 16.5. The van der Waals surface area contributed by atoms with Gasteiger partial charge in [0.15, 0.2) is 6.29 Å². The highest BCUT2D eigenvalue weighted by Crippen LogP contribution is 2.23. The van der Waals surface area contributed by atoms with Crippen LogP contribution < -0.4 is 21.8 Å². The molecule has 176 valence electrons. The van der Waals surface area contributed by atoms with Gasteiger partial charge in [-0.3, -0.25) is 5.01 Å². The number of amidine groups is 1. The van der Waals surface area contributed by atoms with Crippen molar-refractivity contribution in [3.05, 3.63) is 108 Å². The minimum absolute atomic E-state index is 0.200. The molecule has 34 heavy (non-hydrogen) atoms. The lowest BCUT2D eigenvalue weighted by Gasteiger charge is -2.20. The highest BCUT2D eigenvalue weighted by molar-refractivity contribution is 5.94. The number of nitrogens with one attached hydrogen (secondary N) is 3. The number of aliphatic hydroxyl groups excluding tert-OH is 1. The van der Waals surface area contributed by atoms with Gasteiger partial charge in [0.1, 0.15) is 12.1 Å². The van der Waals surface area contributed by atoms with Crippen molar-refractivity contribution in [2.45, 2.75) is 25.4 Å². The summed E-state index contributed by atoms with van der Waals surface area (Å²) in [4.78, 5) is 4.67. The van der Waals surface area contributed by atoms with Gasteiger partial charge in [0.25, 0.3) is 0 Å². The van der Waals surface area contributed by atoms with Crippen molar-refractivity contribution in [3.63, 3.8) is 0 Å². The molecular formula is C27H32N6O. The number of aliphatic imine (C=N–C) groups is 1. The summed E-state index contributed by atoms with van der Waals surface area (Å²) in [6.07, 6.45) is 10.6. The molecule has 7 heteroatoms. The molecule has 2 aromatic carbocycles. The molecule has 0 aromatic heterocycles. The van der Waals surface area contributed by atoms with Crippen molar-refractivity contribution in [2.75, 3.05) is 18.1 Å². The first kappa shape index (κ1) is 23.4. The molecule has 1 aliphatic heterocycles. The van der Waals surface area contributed by atoms with E-state index in [1.54, 1.807) is 0 Å². The fourth-order valence-electron chi connectivity index (χ4n) is 3.88. The molecule has 1 unspecified atom stereocenters. The fraction of sp³-hybridized carbons (Fsp3) is 0.222. The average Bonchev–Trinajstić information content (AvgIpc) is 3.19. The quantitative estimate of drug-likeness (QED) is 0.225. The van der Waals surface area contributed by atoms with E-state index in [-0.39, 0.29) is 12.2 Å². The summed E-state index contributed by atoms with van der Waals surface area (Å²) in [5.41, 5.74) is 13.8. The minimum Gasteiger partial charge on any atom is -0.397 e. The van der Waals surface area contributed by atoms with Crippen molar-refractivity contribution in [1.82, 2.24) is 15.8 Å². The zero-order valence-electron chi connectivity index (χ0n) is 19.4. The summed E-state index contributed by atoms with van der Waals surface area (Å²) in [5, 5.41) is 18.7. The van der Waals surface area contributed by atoms with Gasteiger partial charge in [0.05, 0.1) is 11.4 Å². The monoisotopic (exact) mass is 456 g/mol. The van der Waals surface area contributed by atoms with Crippen LogP contribution in [0.1, 0.15) is 12.0 Å². The topological polar surface area (TPSA) is 97.9 Å². The second kappa shape index (κ2) is 10.9. The number of para-hydroxylation sites is 2. The van der Waals surface area contributed by atoms with Crippen LogP contribution in [0.5, 0.6) is 0 Å². The van der Waals surface area contributed by atoms with Crippen molar-refractivity contribution >= 4 is 17.2 Å². The van der Waals surface area contributed by atoms with E-state index in [9.17, 15) is 5.11 Å². The molecule has 1 heterocycles. The standard InChI is InChI=1S/C27H32N6O/c1-19(12-17-25-31-27(32-33(25)2)30-24-11-7-6-10-23(24)28)21-13-15-22(16-14-21)29-26(34)18-20-8-4-3-5-9-20/h3-13,15-17,21,26-27,29-30,32,34H,1,14,18,28H2,2H3/b17-12-/t21?,26-,27+/m1/s1. The van der Waals surface area contributed by atoms with Crippen LogP contribution in [0.2, 0.25) is 0 Å². The van der Waals surface area contributed by atoms with Crippen LogP contribution in [-0.4, -0.2) is 35.5 Å². The zero-order chi connectivity index (χ0) is 23.9. The number of allylic oxidation sites excluding steroid dienone is 5. The molecule has 2 aromatic rings. The van der Waals surface area contributed by atoms with E-state index < -0.39 is 6.23 Å². The molecule has 0 spiro atoms. The molecule has 1 aliphatic carbocycles. The van der Waals surface area contributed by atoms with Gasteiger partial charge in [-0.25, -0.2) is 4.99 Å². The molecule has 0 radical (unpaired) electrons. The lowest BCUT2D eigenvalue weighted by atomic mass is 9.92. The highest BCUT2D eigenvalue weighted by Gasteiger charge is 2.20. The Bertz CT molecular complexity index is 1120. The third-order valence-electron chi connectivity index (χ3n) is 5.80. The van der Waals surface area contributed by atoms with Crippen LogP contribution in [0.25, 0.3) is 0 Å². The molecular weight excluding hydrogens is 424 g/mol. The third kappa shape index (κ3) is 6.15. The van der Waals surface area contributed by atoms with Crippen molar-refractivity contribution in [3.8, 4) is 0 Å². The maximum atomic E-state index is 10.3. The summed E-state index contributed by atoms with van der Waals surface area (Å²) in [5.74, 6) is 1.00. The number of aliphatic hydroxyl groups is 1. The number of rotatable bonds is 9. The van der Waals surface area contributed by atoms with Gasteiger partial charge in [-0.05, 0) is 41.8 Å². The summed E-state index contributed by atoms with van der Waals surface area (Å²) >= 11 is 0. The molecule has 2 aliphatic rings. The van der Waals surface area contributed by atoms with Crippen LogP contribution in [-0.2, 0) is 6.42 Å². The van der Waals surface area contributed by atoms with Gasteiger partial charge in [-0.15, -0.1) is 0 Å². The predicted octanol–water partition coefficient (Wildman–Crippen LogP) is 3.54. The Morgan fingerprint density at radius 2 is 2.03 bits per heavy atom. The smallest absolute Gasteiger partial charge is 0.192 e. The van der Waals surface area contributed by atoms with E-state index in [0.717, 1.165) is 34.8 Å². The second-order valence-electron chi connectivity index (χ2n) is 8.43. The lowest BCUT2D eigenvalue weighted by Crippen LogP contribution is -2.40. The largest absolute Gasteiger partial charge is 0.397 e. The molecule has 0 saturated heterocycles. The van der Waals surface area contributed by atoms with Gasteiger partial charge < -0.3 is 21.5 Å². The maximum Gasteiger partial charge on any atom is 0.192 e. The SMILES string of the molecule is C=C(/C=C\C1=N[C@H](Nc2ccccc2N)NN1C)C1C=CC(N[C@H](O)Cc2ccccc2)=CC1. The minimum atomic E-state index is -0.630. The predicted molar refractivity (Wildman–Crippen MR) is 139 cm³/mol. The molecule has 6 N–H and O–H groups in total. The molecule has 0 saturated carbocycles. The number of nitrogen functional groups attached to an aromatic ring is 1. The number of likely N-dealkylation sites (N-methyl/N-ethyl adjacent to an activating group) is 1. The Morgan fingerprint density at radius 1 is 1.26 bits per heavy atom. The molecule has 0 fully saturated rings. The van der Waals surface area contributed by atoms with Crippen molar-refractivity contribution in [2.24, 2.45) is 10.9 Å². The normalized spacial score (nSPS) is 20.7. The summed E-state index contributed by atoms with van der Waals surface area (Å²) in [7, 11) is 1.92. The number of hydrogen-bond acceptors (Lipinski definition) is 7. The Morgan fingerprint density at radius 3 is 2.76 bits per heavy atom. The van der Waals surface area contributed by atoms with Gasteiger partial charge in [-0.2, -0.15) is 5.43 Å². The van der Waals surface area contributed by atoms with Gasteiger partial charge in [-0.1, -0.05) is 67.3 Å². The highest BCUT2D eigenvalue weighted by atomic mass is 16.3. The van der Waals surface area contributed by atoms with E-state index in [1.165, 1.54) is 0 Å². The number of benzene rings is 2. The van der Waals surface area contributed by atoms with Crippen LogP contribution in [0, 0.1) is 5.92 Å². The van der Waals surface area contributed by atoms with E-state index in [2.05, 4.69) is 39.8 Å².